The zero-order valence-electron chi connectivity index (χ0n) is 16.3. The van der Waals surface area contributed by atoms with Crippen LogP contribution in [0.15, 0.2) is 29.3 Å². The molecule has 0 bridgehead atoms. The Hall–Kier alpha value is -1.79. The van der Waals surface area contributed by atoms with Gasteiger partial charge in [-0.1, -0.05) is 12.1 Å². The molecule has 1 aromatic rings. The minimum Gasteiger partial charge on any atom is -0.491 e. The normalized spacial score (nSPS) is 13.7. The van der Waals surface area contributed by atoms with Crippen molar-refractivity contribution < 1.29 is 14.6 Å². The van der Waals surface area contributed by atoms with E-state index in [4.69, 9.17) is 9.47 Å². The van der Waals surface area contributed by atoms with Crippen molar-refractivity contribution in [1.82, 2.24) is 10.6 Å². The van der Waals surface area contributed by atoms with Crippen molar-refractivity contribution in [3.05, 3.63) is 29.8 Å². The minimum atomic E-state index is -0.657. The van der Waals surface area contributed by atoms with Gasteiger partial charge in [-0.25, -0.2) is 0 Å². The number of rotatable bonds is 9. The number of guanidine groups is 1. The van der Waals surface area contributed by atoms with Crippen LogP contribution in [-0.4, -0.2) is 49.5 Å². The summed E-state index contributed by atoms with van der Waals surface area (Å²) in [6.07, 6.45) is -0.558. The third-order valence-electron chi connectivity index (χ3n) is 3.59. The summed E-state index contributed by atoms with van der Waals surface area (Å²) in [7, 11) is 1.67. The van der Waals surface area contributed by atoms with Crippen molar-refractivity contribution in [2.45, 2.75) is 52.4 Å². The van der Waals surface area contributed by atoms with Gasteiger partial charge in [0, 0.05) is 20.2 Å². The van der Waals surface area contributed by atoms with E-state index in [1.807, 2.05) is 58.9 Å². The molecule has 6 heteroatoms. The number of hydrogen-bond donors (Lipinski definition) is 3. The van der Waals surface area contributed by atoms with Crippen LogP contribution in [0.5, 0.6) is 5.75 Å². The van der Waals surface area contributed by atoms with Crippen molar-refractivity contribution in [2.24, 2.45) is 4.99 Å². The van der Waals surface area contributed by atoms with Crippen molar-refractivity contribution in [3.8, 4) is 5.75 Å². The Bertz CT molecular complexity index is 544. The van der Waals surface area contributed by atoms with Gasteiger partial charge in [0.1, 0.15) is 5.75 Å². The Morgan fingerprint density at radius 2 is 2.00 bits per heavy atom. The molecule has 0 heterocycles. The molecule has 1 atom stereocenters. The van der Waals surface area contributed by atoms with Crippen LogP contribution in [0.2, 0.25) is 0 Å². The van der Waals surface area contributed by atoms with Crippen molar-refractivity contribution in [2.75, 3.05) is 26.7 Å². The van der Waals surface area contributed by atoms with Gasteiger partial charge in [0.15, 0.2) is 5.96 Å². The molecular weight excluding hydrogens is 318 g/mol. The number of nitrogens with zero attached hydrogens (tertiary/aromatic N) is 1. The molecule has 0 radical (unpaired) electrons. The summed E-state index contributed by atoms with van der Waals surface area (Å²) in [4.78, 5) is 4.51. The van der Waals surface area contributed by atoms with Gasteiger partial charge < -0.3 is 25.2 Å². The van der Waals surface area contributed by atoms with Crippen LogP contribution in [-0.2, 0) is 4.74 Å². The minimum absolute atomic E-state index is 0.0992. The Kier molecular flexibility index (Phi) is 8.72. The van der Waals surface area contributed by atoms with Gasteiger partial charge in [0.2, 0.25) is 0 Å². The highest BCUT2D eigenvalue weighted by atomic mass is 16.5. The second-order valence-corrected chi connectivity index (χ2v) is 6.79. The predicted octanol–water partition coefficient (Wildman–Crippen LogP) is 2.49. The molecule has 0 saturated heterocycles. The molecule has 6 nitrogen and oxygen atoms in total. The third-order valence-corrected chi connectivity index (χ3v) is 3.59. The largest absolute Gasteiger partial charge is 0.491 e. The van der Waals surface area contributed by atoms with Crippen LogP contribution in [0.25, 0.3) is 0 Å². The maximum atomic E-state index is 10.4. The number of hydrogen-bond acceptors (Lipinski definition) is 4. The van der Waals surface area contributed by atoms with E-state index in [-0.39, 0.29) is 11.7 Å². The smallest absolute Gasteiger partial charge is 0.191 e. The molecule has 0 aliphatic heterocycles. The molecule has 1 rings (SSSR count). The molecule has 1 aromatic carbocycles. The monoisotopic (exact) mass is 351 g/mol. The molecule has 0 saturated carbocycles. The molecule has 142 valence electrons. The van der Waals surface area contributed by atoms with Gasteiger partial charge in [-0.3, -0.25) is 4.99 Å². The van der Waals surface area contributed by atoms with Crippen LogP contribution in [0.3, 0.4) is 0 Å². The average molecular weight is 351 g/mol. The summed E-state index contributed by atoms with van der Waals surface area (Å²) >= 11 is 0. The van der Waals surface area contributed by atoms with E-state index in [1.54, 1.807) is 7.11 Å². The van der Waals surface area contributed by atoms with Gasteiger partial charge in [-0.2, -0.15) is 0 Å². The van der Waals surface area contributed by atoms with E-state index >= 15 is 0 Å². The molecule has 0 aromatic heterocycles. The van der Waals surface area contributed by atoms with Crippen LogP contribution in [0.1, 0.15) is 46.3 Å². The van der Waals surface area contributed by atoms with Gasteiger partial charge in [0.05, 0.1) is 24.4 Å². The number of methoxy groups -OCH3 is 1. The molecule has 1 unspecified atom stereocenters. The number of nitrogens with one attached hydrogen (secondary N) is 2. The number of aliphatic imine (C=N–C) groups is 1. The summed E-state index contributed by atoms with van der Waals surface area (Å²) in [6, 6.07) is 7.53. The van der Waals surface area contributed by atoms with Gasteiger partial charge in [-0.05, 0) is 52.3 Å². The fraction of sp³-hybridized carbons (Fsp3) is 0.632. The van der Waals surface area contributed by atoms with Crippen LogP contribution in [0.4, 0.5) is 0 Å². The van der Waals surface area contributed by atoms with E-state index in [0.717, 1.165) is 17.9 Å². The average Bonchev–Trinajstić information content (AvgIpc) is 2.56. The number of ether oxygens (including phenoxy) is 2. The number of aliphatic hydroxyl groups excluding tert-OH is 1. The lowest BCUT2D eigenvalue weighted by Crippen LogP contribution is -2.40. The fourth-order valence-electron chi connectivity index (χ4n) is 2.05. The third kappa shape index (κ3) is 8.23. The summed E-state index contributed by atoms with van der Waals surface area (Å²) in [5.41, 5.74) is 0.474. The van der Waals surface area contributed by atoms with E-state index in [2.05, 4.69) is 15.6 Å². The maximum absolute atomic E-state index is 10.4. The first-order valence-corrected chi connectivity index (χ1v) is 8.79. The topological polar surface area (TPSA) is 75.1 Å². The van der Waals surface area contributed by atoms with E-state index in [1.165, 1.54) is 0 Å². The predicted molar refractivity (Wildman–Crippen MR) is 102 cm³/mol. The Morgan fingerprint density at radius 3 is 2.60 bits per heavy atom. The first-order chi connectivity index (χ1) is 11.8. The molecule has 0 aliphatic rings. The van der Waals surface area contributed by atoms with Crippen LogP contribution in [0, 0.1) is 0 Å². The highest BCUT2D eigenvalue weighted by molar-refractivity contribution is 5.79. The number of aliphatic hydroxyl groups is 1. The highest BCUT2D eigenvalue weighted by Gasteiger charge is 2.16. The highest BCUT2D eigenvalue weighted by Crippen LogP contribution is 2.20. The number of benzene rings is 1. The van der Waals surface area contributed by atoms with Gasteiger partial charge >= 0.3 is 0 Å². The fourth-order valence-corrected chi connectivity index (χ4v) is 2.05. The Morgan fingerprint density at radius 1 is 1.28 bits per heavy atom. The van der Waals surface area contributed by atoms with Crippen LogP contribution < -0.4 is 15.4 Å². The summed E-state index contributed by atoms with van der Waals surface area (Å²) in [6.45, 7) is 11.5. The Labute approximate surface area is 151 Å². The maximum Gasteiger partial charge on any atom is 0.191 e. The zero-order chi connectivity index (χ0) is 18.9. The zero-order valence-corrected chi connectivity index (χ0v) is 16.3. The molecule has 0 aliphatic carbocycles. The SMILES string of the molecule is CCNC(=NCC(C)(C)OC)NCC(O)c1cccc(OC(C)C)c1. The van der Waals surface area contributed by atoms with Crippen molar-refractivity contribution >= 4 is 5.96 Å². The quantitative estimate of drug-likeness (QED) is 0.471. The second kappa shape index (κ2) is 10.3. The lowest BCUT2D eigenvalue weighted by Gasteiger charge is -2.22. The lowest BCUT2D eigenvalue weighted by atomic mass is 10.1. The summed E-state index contributed by atoms with van der Waals surface area (Å²) < 4.78 is 11.1. The van der Waals surface area contributed by atoms with Crippen molar-refractivity contribution in [1.29, 1.82) is 0 Å². The molecule has 3 N–H and O–H groups in total. The first kappa shape index (κ1) is 21.3. The van der Waals surface area contributed by atoms with Crippen molar-refractivity contribution in [3.63, 3.8) is 0 Å². The molecule has 25 heavy (non-hydrogen) atoms. The van der Waals surface area contributed by atoms with Gasteiger partial charge in [-0.15, -0.1) is 0 Å². The summed E-state index contributed by atoms with van der Waals surface area (Å²) in [5.74, 6) is 1.41. The first-order valence-electron chi connectivity index (χ1n) is 8.79. The molecule has 0 amide bonds. The standard InChI is InChI=1S/C19H33N3O3/c1-7-20-18(22-13-19(4,5)24-6)21-12-17(23)15-9-8-10-16(11-15)25-14(2)3/h8-11,14,17,23H,7,12-13H2,1-6H3,(H2,20,21,22). The Balaban J connectivity index is 2.68. The summed E-state index contributed by atoms with van der Waals surface area (Å²) in [5, 5.41) is 16.8. The second-order valence-electron chi connectivity index (χ2n) is 6.79. The van der Waals surface area contributed by atoms with E-state index < -0.39 is 6.10 Å². The van der Waals surface area contributed by atoms with Gasteiger partial charge in [0.25, 0.3) is 0 Å². The van der Waals surface area contributed by atoms with Crippen LogP contribution >= 0.6 is 0 Å². The molecular formula is C19H33N3O3. The lowest BCUT2D eigenvalue weighted by molar-refractivity contribution is 0.0310. The molecule has 0 spiro atoms. The molecule has 0 fully saturated rings. The van der Waals surface area contributed by atoms with E-state index in [0.29, 0.717) is 19.0 Å². The van der Waals surface area contributed by atoms with E-state index in [9.17, 15) is 5.11 Å².